The van der Waals surface area contributed by atoms with Crippen LogP contribution < -0.4 is 18.9 Å². The summed E-state index contributed by atoms with van der Waals surface area (Å²) >= 11 is 0. The van der Waals surface area contributed by atoms with Crippen molar-refractivity contribution in [1.29, 1.82) is 0 Å². The SMILES string of the molecule is COc1ccccc1Oc1c(NS(=O)(=O)c2ccc(C(C)(C)C)cc2)nc(-c2cccnc2)nc1OCCO. The molecule has 0 aliphatic rings. The fourth-order valence-corrected chi connectivity index (χ4v) is 4.59. The Morgan fingerprint density at radius 3 is 2.28 bits per heavy atom. The summed E-state index contributed by atoms with van der Waals surface area (Å²) in [5.74, 6) is 0.474. The zero-order valence-corrected chi connectivity index (χ0v) is 22.9. The first-order valence-electron chi connectivity index (χ1n) is 12.1. The largest absolute Gasteiger partial charge is 0.493 e. The van der Waals surface area contributed by atoms with Crippen molar-refractivity contribution in [3.05, 3.63) is 78.6 Å². The number of nitrogens with one attached hydrogen (secondary N) is 1. The standard InChI is InChI=1S/C28H30N4O6S/c1-28(2,3)20-11-13-21(14-12-20)39(34,35)32-26-24(38-23-10-6-5-9-22(23)36-4)27(37-17-16-33)31-25(30-26)19-8-7-15-29-18-19/h5-15,18,33H,16-17H2,1-4H3,(H,30,31,32). The first-order chi connectivity index (χ1) is 18.6. The van der Waals surface area contributed by atoms with Gasteiger partial charge < -0.3 is 19.3 Å². The van der Waals surface area contributed by atoms with Crippen LogP contribution in [0.3, 0.4) is 0 Å². The van der Waals surface area contributed by atoms with E-state index in [2.05, 4.69) is 19.7 Å². The van der Waals surface area contributed by atoms with E-state index in [9.17, 15) is 13.5 Å². The van der Waals surface area contributed by atoms with E-state index in [1.807, 2.05) is 20.8 Å². The minimum Gasteiger partial charge on any atom is -0.493 e. The van der Waals surface area contributed by atoms with Crippen LogP contribution in [0.25, 0.3) is 11.4 Å². The molecule has 11 heteroatoms. The van der Waals surface area contributed by atoms with Gasteiger partial charge in [-0.3, -0.25) is 9.71 Å². The predicted octanol–water partition coefficient (Wildman–Crippen LogP) is 4.81. The maximum absolute atomic E-state index is 13.5. The summed E-state index contributed by atoms with van der Waals surface area (Å²) in [6.45, 7) is 5.72. The van der Waals surface area contributed by atoms with Crippen molar-refractivity contribution in [2.24, 2.45) is 0 Å². The lowest BCUT2D eigenvalue weighted by atomic mass is 9.87. The Kier molecular flexibility index (Phi) is 8.32. The van der Waals surface area contributed by atoms with Crippen LogP contribution in [0.4, 0.5) is 5.82 Å². The van der Waals surface area contributed by atoms with Gasteiger partial charge >= 0.3 is 0 Å². The molecule has 39 heavy (non-hydrogen) atoms. The maximum Gasteiger partial charge on any atom is 0.263 e. The summed E-state index contributed by atoms with van der Waals surface area (Å²) in [6, 6.07) is 16.9. The number of aromatic nitrogens is 3. The molecule has 0 unspecified atom stereocenters. The molecule has 2 N–H and O–H groups in total. The monoisotopic (exact) mass is 550 g/mol. The summed E-state index contributed by atoms with van der Waals surface area (Å²) in [4.78, 5) is 13.1. The van der Waals surface area contributed by atoms with Gasteiger partial charge in [0, 0.05) is 18.0 Å². The molecule has 0 bridgehead atoms. The minimum absolute atomic E-state index is 0.0399. The number of hydrogen-bond donors (Lipinski definition) is 2. The van der Waals surface area contributed by atoms with Gasteiger partial charge in [0.2, 0.25) is 5.75 Å². The number of benzene rings is 2. The highest BCUT2D eigenvalue weighted by Crippen LogP contribution is 2.41. The molecule has 0 saturated carbocycles. The number of ether oxygens (including phenoxy) is 3. The number of nitrogens with zero attached hydrogens (tertiary/aromatic N) is 3. The molecule has 4 rings (SSSR count). The molecule has 10 nitrogen and oxygen atoms in total. The fourth-order valence-electron chi connectivity index (χ4n) is 3.59. The Morgan fingerprint density at radius 1 is 0.949 bits per heavy atom. The zero-order valence-electron chi connectivity index (χ0n) is 22.1. The number of pyridine rings is 1. The van der Waals surface area contributed by atoms with Gasteiger partial charge in [-0.05, 0) is 47.4 Å². The average Bonchev–Trinajstić information content (AvgIpc) is 2.93. The van der Waals surface area contributed by atoms with Crippen LogP contribution in [0.2, 0.25) is 0 Å². The molecular weight excluding hydrogens is 520 g/mol. The molecule has 2 aromatic carbocycles. The third kappa shape index (κ3) is 6.62. The summed E-state index contributed by atoms with van der Waals surface area (Å²) in [6.07, 6.45) is 3.13. The summed E-state index contributed by atoms with van der Waals surface area (Å²) in [7, 11) is -2.63. The Bertz CT molecular complexity index is 1520. The van der Waals surface area contributed by atoms with Gasteiger partial charge in [0.15, 0.2) is 23.1 Å². The molecule has 2 aromatic heterocycles. The van der Waals surface area contributed by atoms with Gasteiger partial charge in [0.1, 0.15) is 6.61 Å². The van der Waals surface area contributed by atoms with E-state index in [1.54, 1.807) is 54.7 Å². The topological polar surface area (TPSA) is 133 Å². The van der Waals surface area contributed by atoms with Crippen LogP contribution in [0.5, 0.6) is 23.1 Å². The summed E-state index contributed by atoms with van der Waals surface area (Å²) in [5, 5.41) is 9.41. The van der Waals surface area contributed by atoms with Crippen molar-refractivity contribution in [3.8, 4) is 34.5 Å². The third-order valence-corrected chi connectivity index (χ3v) is 6.98. The summed E-state index contributed by atoms with van der Waals surface area (Å²) in [5.41, 5.74) is 1.36. The first kappa shape index (κ1) is 27.8. The Balaban J connectivity index is 1.85. The van der Waals surface area contributed by atoms with Crippen molar-refractivity contribution in [2.45, 2.75) is 31.1 Å². The fraction of sp³-hybridized carbons (Fsp3) is 0.250. The molecule has 0 atom stereocenters. The average molecular weight is 551 g/mol. The van der Waals surface area contributed by atoms with Gasteiger partial charge in [-0.25, -0.2) is 13.4 Å². The number of para-hydroxylation sites is 2. The maximum atomic E-state index is 13.5. The molecule has 0 aliphatic heterocycles. The van der Waals surface area contributed by atoms with Crippen LogP contribution in [0.15, 0.2) is 78.0 Å². The number of hydrogen-bond acceptors (Lipinski definition) is 9. The first-order valence-corrected chi connectivity index (χ1v) is 13.6. The second-order valence-electron chi connectivity index (χ2n) is 9.48. The highest BCUT2D eigenvalue weighted by Gasteiger charge is 2.26. The Labute approximate surface area is 227 Å². The number of anilines is 1. The number of sulfonamides is 1. The van der Waals surface area contributed by atoms with Gasteiger partial charge in [0.05, 0.1) is 18.6 Å². The lowest BCUT2D eigenvalue weighted by molar-refractivity contribution is 0.192. The van der Waals surface area contributed by atoms with E-state index in [4.69, 9.17) is 14.2 Å². The highest BCUT2D eigenvalue weighted by atomic mass is 32.2. The minimum atomic E-state index is -4.11. The molecule has 0 saturated heterocycles. The van der Waals surface area contributed by atoms with Gasteiger partial charge in [-0.2, -0.15) is 4.98 Å². The second-order valence-corrected chi connectivity index (χ2v) is 11.2. The van der Waals surface area contributed by atoms with Crippen LogP contribution in [0, 0.1) is 0 Å². The number of methoxy groups -OCH3 is 1. The van der Waals surface area contributed by atoms with Crippen molar-refractivity contribution >= 4 is 15.8 Å². The lowest BCUT2D eigenvalue weighted by Gasteiger charge is -2.20. The van der Waals surface area contributed by atoms with Crippen LogP contribution in [0.1, 0.15) is 26.3 Å². The molecule has 0 radical (unpaired) electrons. The van der Waals surface area contributed by atoms with E-state index in [0.717, 1.165) is 5.56 Å². The molecule has 204 valence electrons. The number of rotatable bonds is 10. The highest BCUT2D eigenvalue weighted by molar-refractivity contribution is 7.92. The van der Waals surface area contributed by atoms with Gasteiger partial charge in [-0.1, -0.05) is 45.0 Å². The predicted molar refractivity (Wildman–Crippen MR) is 147 cm³/mol. The number of aliphatic hydroxyl groups is 1. The van der Waals surface area contributed by atoms with E-state index in [0.29, 0.717) is 11.3 Å². The van der Waals surface area contributed by atoms with Crippen LogP contribution in [-0.4, -0.2) is 48.8 Å². The normalized spacial score (nSPS) is 11.6. The van der Waals surface area contributed by atoms with Crippen molar-refractivity contribution in [1.82, 2.24) is 15.0 Å². The summed E-state index contributed by atoms with van der Waals surface area (Å²) < 4.78 is 46.7. The second kappa shape index (κ2) is 11.7. The van der Waals surface area contributed by atoms with Crippen LogP contribution in [-0.2, 0) is 15.4 Å². The molecule has 0 aliphatic carbocycles. The van der Waals surface area contributed by atoms with Gasteiger partial charge in [-0.15, -0.1) is 0 Å². The molecule has 0 spiro atoms. The zero-order chi connectivity index (χ0) is 28.0. The van der Waals surface area contributed by atoms with E-state index >= 15 is 0 Å². The van der Waals surface area contributed by atoms with Crippen LogP contribution >= 0.6 is 0 Å². The quantitative estimate of drug-likeness (QED) is 0.285. The van der Waals surface area contributed by atoms with Crippen molar-refractivity contribution in [2.75, 3.05) is 25.0 Å². The lowest BCUT2D eigenvalue weighted by Crippen LogP contribution is -2.17. The van der Waals surface area contributed by atoms with Crippen molar-refractivity contribution < 1.29 is 27.7 Å². The van der Waals surface area contributed by atoms with Gasteiger partial charge in [0.25, 0.3) is 15.9 Å². The smallest absolute Gasteiger partial charge is 0.263 e. The van der Waals surface area contributed by atoms with E-state index in [1.165, 1.54) is 25.4 Å². The molecule has 2 heterocycles. The molecule has 4 aromatic rings. The third-order valence-electron chi connectivity index (χ3n) is 5.63. The molecule has 0 fully saturated rings. The Morgan fingerprint density at radius 2 is 1.67 bits per heavy atom. The molecule has 0 amide bonds. The Hall–Kier alpha value is -4.22. The van der Waals surface area contributed by atoms with E-state index < -0.39 is 10.0 Å². The molecular formula is C28H30N4O6S. The van der Waals surface area contributed by atoms with Crippen molar-refractivity contribution in [3.63, 3.8) is 0 Å². The number of aliphatic hydroxyl groups excluding tert-OH is 1. The van der Waals surface area contributed by atoms with E-state index in [-0.39, 0.29) is 52.5 Å².